The zero-order chi connectivity index (χ0) is 16.0. The molecule has 0 fully saturated rings. The van der Waals surface area contributed by atoms with E-state index in [4.69, 9.17) is 4.74 Å². The first-order chi connectivity index (χ1) is 9.00. The third-order valence-electron chi connectivity index (χ3n) is 3.07. The van der Waals surface area contributed by atoms with Crippen LogP contribution in [0.5, 0.6) is 0 Å². The first kappa shape index (κ1) is 19.4. The van der Waals surface area contributed by atoms with Crippen LogP contribution in [-0.2, 0) is 9.53 Å². The molecule has 0 heterocycles. The average molecular weight is 286 g/mol. The van der Waals surface area contributed by atoms with Crippen LogP contribution in [0.25, 0.3) is 0 Å². The molecule has 0 aromatic rings. The molecule has 0 amide bonds. The Labute approximate surface area is 125 Å². The second kappa shape index (κ2) is 7.99. The summed E-state index contributed by atoms with van der Waals surface area (Å²) < 4.78 is 5.22. The van der Waals surface area contributed by atoms with Crippen molar-refractivity contribution < 1.29 is 9.53 Å². The van der Waals surface area contributed by atoms with Crippen molar-refractivity contribution in [2.24, 2.45) is 5.41 Å². The molecule has 1 N–H and O–H groups in total. The smallest absolute Gasteiger partial charge is 0.326 e. The Bertz CT molecular complexity index is 297. The lowest BCUT2D eigenvalue weighted by Gasteiger charge is -2.33. The van der Waals surface area contributed by atoms with E-state index in [1.165, 1.54) is 0 Å². The van der Waals surface area contributed by atoms with Crippen LogP contribution < -0.4 is 5.32 Å². The van der Waals surface area contributed by atoms with Gasteiger partial charge < -0.3 is 9.64 Å². The fourth-order valence-electron chi connectivity index (χ4n) is 2.46. The topological polar surface area (TPSA) is 41.6 Å². The largest absolute Gasteiger partial charge is 0.465 e. The van der Waals surface area contributed by atoms with Crippen LogP contribution in [0.3, 0.4) is 0 Å². The Morgan fingerprint density at radius 2 is 1.80 bits per heavy atom. The summed E-state index contributed by atoms with van der Waals surface area (Å²) in [6.07, 6.45) is 0.747. The number of rotatable bonds is 8. The van der Waals surface area contributed by atoms with Gasteiger partial charge in [-0.25, -0.2) is 0 Å². The number of nitrogens with zero attached hydrogens (tertiary/aromatic N) is 1. The van der Waals surface area contributed by atoms with Gasteiger partial charge in [-0.05, 0) is 46.6 Å². The number of carbonyl (C=O) groups is 1. The number of nitrogens with one attached hydrogen (secondary N) is 1. The van der Waals surface area contributed by atoms with Crippen LogP contribution in [0, 0.1) is 5.41 Å². The summed E-state index contributed by atoms with van der Waals surface area (Å²) in [7, 11) is 2.10. The van der Waals surface area contributed by atoms with E-state index in [9.17, 15) is 4.79 Å². The molecule has 20 heavy (non-hydrogen) atoms. The van der Waals surface area contributed by atoms with Crippen molar-refractivity contribution in [3.05, 3.63) is 0 Å². The highest BCUT2D eigenvalue weighted by Gasteiger charge is 2.35. The fourth-order valence-corrected chi connectivity index (χ4v) is 2.46. The van der Waals surface area contributed by atoms with Gasteiger partial charge >= 0.3 is 5.97 Å². The minimum absolute atomic E-state index is 0.155. The lowest BCUT2D eigenvalue weighted by Crippen LogP contribution is -2.54. The maximum absolute atomic E-state index is 12.2. The van der Waals surface area contributed by atoms with Crippen LogP contribution in [0.2, 0.25) is 0 Å². The van der Waals surface area contributed by atoms with E-state index in [2.05, 4.69) is 51.9 Å². The van der Waals surface area contributed by atoms with Gasteiger partial charge in [-0.15, -0.1) is 0 Å². The molecule has 0 aromatic heterocycles. The van der Waals surface area contributed by atoms with E-state index in [0.717, 1.165) is 19.5 Å². The molecular formula is C16H34N2O2. The molecule has 1 unspecified atom stereocenters. The lowest BCUT2D eigenvalue weighted by atomic mass is 9.94. The van der Waals surface area contributed by atoms with E-state index < -0.39 is 5.54 Å². The van der Waals surface area contributed by atoms with Gasteiger partial charge in [0.2, 0.25) is 0 Å². The quantitative estimate of drug-likeness (QED) is 0.697. The predicted octanol–water partition coefficient (Wildman–Crippen LogP) is 2.67. The van der Waals surface area contributed by atoms with Gasteiger partial charge in [0.1, 0.15) is 5.54 Å². The Morgan fingerprint density at radius 3 is 2.20 bits per heavy atom. The van der Waals surface area contributed by atoms with Crippen LogP contribution in [0.15, 0.2) is 0 Å². The highest BCUT2D eigenvalue weighted by molar-refractivity contribution is 5.80. The van der Waals surface area contributed by atoms with E-state index in [1.807, 2.05) is 13.8 Å². The zero-order valence-electron chi connectivity index (χ0n) is 14.7. The summed E-state index contributed by atoms with van der Waals surface area (Å²) in [6.45, 7) is 16.9. The molecule has 0 rings (SSSR count). The molecular weight excluding hydrogens is 252 g/mol. The normalized spacial score (nSPS) is 15.5. The zero-order valence-corrected chi connectivity index (χ0v) is 14.7. The van der Waals surface area contributed by atoms with Crippen molar-refractivity contribution in [3.63, 3.8) is 0 Å². The standard InChI is InChI=1S/C16H34N2O2/c1-9-20-14(19)16(7,17-13(2)3)10-11-18(8)12-15(4,5)6/h13,17H,9-12H2,1-8H3. The van der Waals surface area contributed by atoms with Gasteiger partial charge in [-0.2, -0.15) is 0 Å². The van der Waals surface area contributed by atoms with Crippen molar-refractivity contribution in [1.82, 2.24) is 10.2 Å². The van der Waals surface area contributed by atoms with Crippen molar-refractivity contribution in [2.75, 3.05) is 26.7 Å². The highest BCUT2D eigenvalue weighted by atomic mass is 16.5. The number of carbonyl (C=O) groups excluding carboxylic acids is 1. The molecule has 120 valence electrons. The summed E-state index contributed by atoms with van der Waals surface area (Å²) in [5.74, 6) is -0.155. The van der Waals surface area contributed by atoms with Crippen LogP contribution in [0.4, 0.5) is 0 Å². The molecule has 4 heteroatoms. The van der Waals surface area contributed by atoms with E-state index in [-0.39, 0.29) is 17.4 Å². The molecule has 1 atom stereocenters. The average Bonchev–Trinajstić information content (AvgIpc) is 2.23. The van der Waals surface area contributed by atoms with Gasteiger partial charge in [0.05, 0.1) is 6.61 Å². The molecule has 0 saturated carbocycles. The molecule has 0 aromatic carbocycles. The summed E-state index contributed by atoms with van der Waals surface area (Å²) in [5.41, 5.74) is -0.350. The van der Waals surface area contributed by atoms with Crippen LogP contribution in [0.1, 0.15) is 54.9 Å². The number of esters is 1. The SMILES string of the molecule is CCOC(=O)C(C)(CCN(C)CC(C)(C)C)NC(C)C. The first-order valence-electron chi connectivity index (χ1n) is 7.63. The maximum atomic E-state index is 12.2. The molecule has 0 spiro atoms. The summed E-state index contributed by atoms with van der Waals surface area (Å²) in [5, 5.41) is 3.36. The van der Waals surface area contributed by atoms with Crippen molar-refractivity contribution in [2.45, 2.75) is 66.5 Å². The second-order valence-corrected chi connectivity index (χ2v) is 7.40. The lowest BCUT2D eigenvalue weighted by molar-refractivity contribution is -0.151. The van der Waals surface area contributed by atoms with Crippen molar-refractivity contribution in [1.29, 1.82) is 0 Å². The van der Waals surface area contributed by atoms with Gasteiger partial charge in [-0.3, -0.25) is 10.1 Å². The minimum Gasteiger partial charge on any atom is -0.465 e. The van der Waals surface area contributed by atoms with Gasteiger partial charge in [-0.1, -0.05) is 20.8 Å². The van der Waals surface area contributed by atoms with Crippen molar-refractivity contribution in [3.8, 4) is 0 Å². The number of ether oxygens (including phenoxy) is 1. The molecule has 0 aliphatic carbocycles. The Balaban J connectivity index is 4.62. The minimum atomic E-state index is -0.615. The van der Waals surface area contributed by atoms with Crippen LogP contribution >= 0.6 is 0 Å². The second-order valence-electron chi connectivity index (χ2n) is 7.40. The monoisotopic (exact) mass is 286 g/mol. The molecule has 0 radical (unpaired) electrons. The first-order valence-corrected chi connectivity index (χ1v) is 7.63. The van der Waals surface area contributed by atoms with E-state index >= 15 is 0 Å². The third kappa shape index (κ3) is 7.85. The summed E-state index contributed by atoms with van der Waals surface area (Å²) in [4.78, 5) is 14.5. The molecule has 0 bridgehead atoms. The Hall–Kier alpha value is -0.610. The molecule has 0 saturated heterocycles. The fraction of sp³-hybridized carbons (Fsp3) is 0.938. The van der Waals surface area contributed by atoms with Gasteiger partial charge in [0.15, 0.2) is 0 Å². The molecule has 4 nitrogen and oxygen atoms in total. The molecule has 0 aliphatic heterocycles. The highest BCUT2D eigenvalue weighted by Crippen LogP contribution is 2.18. The van der Waals surface area contributed by atoms with Gasteiger partial charge in [0.25, 0.3) is 0 Å². The third-order valence-corrected chi connectivity index (χ3v) is 3.07. The Morgan fingerprint density at radius 1 is 1.25 bits per heavy atom. The Kier molecular flexibility index (Phi) is 7.74. The van der Waals surface area contributed by atoms with E-state index in [1.54, 1.807) is 0 Å². The molecule has 0 aliphatic rings. The number of hydrogen-bond acceptors (Lipinski definition) is 4. The maximum Gasteiger partial charge on any atom is 0.326 e. The summed E-state index contributed by atoms with van der Waals surface area (Å²) >= 11 is 0. The summed E-state index contributed by atoms with van der Waals surface area (Å²) in [6, 6.07) is 0.248. The predicted molar refractivity (Wildman–Crippen MR) is 84.9 cm³/mol. The van der Waals surface area contributed by atoms with Crippen LogP contribution in [-0.4, -0.2) is 49.2 Å². The van der Waals surface area contributed by atoms with Crippen molar-refractivity contribution >= 4 is 5.97 Å². The number of hydrogen-bond donors (Lipinski definition) is 1. The van der Waals surface area contributed by atoms with Gasteiger partial charge in [0, 0.05) is 19.1 Å². The van der Waals surface area contributed by atoms with E-state index in [0.29, 0.717) is 6.61 Å².